The highest BCUT2D eigenvalue weighted by molar-refractivity contribution is 5.83. The van der Waals surface area contributed by atoms with Crippen molar-refractivity contribution in [2.45, 2.75) is 58.0 Å². The van der Waals surface area contributed by atoms with Crippen molar-refractivity contribution in [3.8, 4) is 0 Å². The SMILES string of the molecule is CC(C)C1(C(=O)NCc2cc(C(F)(F)F)cc(C(F)(F)F)c2)CCC(N)C1. The molecule has 2 unspecified atom stereocenters. The van der Waals surface area contributed by atoms with Gasteiger partial charge >= 0.3 is 12.4 Å². The van der Waals surface area contributed by atoms with Gasteiger partial charge in [0.25, 0.3) is 0 Å². The van der Waals surface area contributed by atoms with Crippen LogP contribution in [0.2, 0.25) is 0 Å². The van der Waals surface area contributed by atoms with Gasteiger partial charge in [0.15, 0.2) is 0 Å². The highest BCUT2D eigenvalue weighted by Crippen LogP contribution is 2.44. The monoisotopic (exact) mass is 396 g/mol. The molecule has 0 aliphatic heterocycles. The molecule has 1 saturated carbocycles. The Bertz CT molecular complexity index is 666. The third-order valence-electron chi connectivity index (χ3n) is 5.25. The van der Waals surface area contributed by atoms with Crippen molar-refractivity contribution in [1.29, 1.82) is 0 Å². The maximum atomic E-state index is 12.9. The lowest BCUT2D eigenvalue weighted by Gasteiger charge is -2.32. The smallest absolute Gasteiger partial charge is 0.352 e. The first-order chi connectivity index (χ1) is 12.3. The molecule has 0 aromatic heterocycles. The zero-order valence-corrected chi connectivity index (χ0v) is 15.0. The fraction of sp³-hybridized carbons (Fsp3) is 0.611. The summed E-state index contributed by atoms with van der Waals surface area (Å²) in [5.74, 6) is -0.449. The summed E-state index contributed by atoms with van der Waals surface area (Å²) in [5, 5.41) is 2.51. The van der Waals surface area contributed by atoms with Gasteiger partial charge in [-0.1, -0.05) is 13.8 Å². The lowest BCUT2D eigenvalue weighted by Crippen LogP contribution is -2.43. The standard InChI is InChI=1S/C18H22F6N2O/c1-10(2)16(4-3-14(25)8-16)15(27)26-9-11-5-12(17(19,20)21)7-13(6-11)18(22,23)24/h5-7,10,14H,3-4,8-9,25H2,1-2H3,(H,26,27). The summed E-state index contributed by atoms with van der Waals surface area (Å²) in [6.45, 7) is 3.28. The van der Waals surface area contributed by atoms with Crippen molar-refractivity contribution in [2.24, 2.45) is 17.1 Å². The molecule has 0 spiro atoms. The Morgan fingerprint density at radius 3 is 2.04 bits per heavy atom. The average Bonchev–Trinajstić information content (AvgIpc) is 2.94. The van der Waals surface area contributed by atoms with Crippen molar-refractivity contribution in [3.63, 3.8) is 0 Å². The first-order valence-electron chi connectivity index (χ1n) is 8.58. The van der Waals surface area contributed by atoms with Crippen LogP contribution in [0.4, 0.5) is 26.3 Å². The number of hydrogen-bond donors (Lipinski definition) is 2. The first kappa shape index (κ1) is 21.5. The number of rotatable bonds is 4. The van der Waals surface area contributed by atoms with Crippen LogP contribution in [0.25, 0.3) is 0 Å². The van der Waals surface area contributed by atoms with Gasteiger partial charge in [0.1, 0.15) is 0 Å². The summed E-state index contributed by atoms with van der Waals surface area (Å²) in [5.41, 5.74) is 2.08. The maximum absolute atomic E-state index is 12.9. The largest absolute Gasteiger partial charge is 0.416 e. The number of carbonyl (C=O) groups is 1. The molecule has 1 aromatic rings. The highest BCUT2D eigenvalue weighted by Gasteiger charge is 2.46. The van der Waals surface area contributed by atoms with Crippen molar-refractivity contribution in [3.05, 3.63) is 34.9 Å². The predicted molar refractivity (Wildman–Crippen MR) is 87.4 cm³/mol. The Balaban J connectivity index is 2.25. The van der Waals surface area contributed by atoms with Gasteiger partial charge in [-0.2, -0.15) is 26.3 Å². The molecule has 3 nitrogen and oxygen atoms in total. The topological polar surface area (TPSA) is 55.1 Å². The van der Waals surface area contributed by atoms with Gasteiger partial charge < -0.3 is 11.1 Å². The van der Waals surface area contributed by atoms with Gasteiger partial charge in [-0.3, -0.25) is 4.79 Å². The van der Waals surface area contributed by atoms with Crippen LogP contribution in [0.5, 0.6) is 0 Å². The lowest BCUT2D eigenvalue weighted by molar-refractivity contribution is -0.143. The Labute approximate surface area is 153 Å². The van der Waals surface area contributed by atoms with Crippen LogP contribution in [0.1, 0.15) is 49.8 Å². The number of halogens is 6. The number of alkyl halides is 6. The fourth-order valence-corrected chi connectivity index (χ4v) is 3.59. The van der Waals surface area contributed by atoms with Crippen LogP contribution >= 0.6 is 0 Å². The molecular weight excluding hydrogens is 374 g/mol. The zero-order chi connectivity index (χ0) is 20.6. The second kappa shape index (κ2) is 7.33. The van der Waals surface area contributed by atoms with Gasteiger partial charge in [-0.15, -0.1) is 0 Å². The van der Waals surface area contributed by atoms with E-state index in [0.29, 0.717) is 31.4 Å². The minimum atomic E-state index is -4.92. The Hall–Kier alpha value is -1.77. The van der Waals surface area contributed by atoms with Crippen LogP contribution in [-0.2, 0) is 23.7 Å². The quantitative estimate of drug-likeness (QED) is 0.737. The van der Waals surface area contributed by atoms with Crippen LogP contribution < -0.4 is 11.1 Å². The molecule has 1 aliphatic carbocycles. The van der Waals surface area contributed by atoms with Crippen molar-refractivity contribution < 1.29 is 31.1 Å². The van der Waals surface area contributed by atoms with Crippen LogP contribution in [0, 0.1) is 11.3 Å². The number of amides is 1. The number of nitrogens with one attached hydrogen (secondary N) is 1. The normalized spacial score (nSPS) is 23.7. The highest BCUT2D eigenvalue weighted by atomic mass is 19.4. The van der Waals surface area contributed by atoms with E-state index in [1.807, 2.05) is 13.8 Å². The van der Waals surface area contributed by atoms with E-state index in [4.69, 9.17) is 5.73 Å². The number of hydrogen-bond acceptors (Lipinski definition) is 2. The molecule has 1 amide bonds. The summed E-state index contributed by atoms with van der Waals surface area (Å²) in [7, 11) is 0. The number of benzene rings is 1. The van der Waals surface area contributed by atoms with Gasteiger partial charge in [-0.05, 0) is 48.9 Å². The molecule has 2 rings (SSSR count). The molecule has 0 bridgehead atoms. The second-order valence-corrected chi connectivity index (χ2v) is 7.41. The fourth-order valence-electron chi connectivity index (χ4n) is 3.59. The maximum Gasteiger partial charge on any atom is 0.416 e. The number of nitrogens with two attached hydrogens (primary N) is 1. The third kappa shape index (κ3) is 4.75. The van der Waals surface area contributed by atoms with E-state index in [0.717, 1.165) is 0 Å². The van der Waals surface area contributed by atoms with E-state index in [1.165, 1.54) is 0 Å². The minimum absolute atomic E-state index is 0.0571. The summed E-state index contributed by atoms with van der Waals surface area (Å²) < 4.78 is 77.5. The van der Waals surface area contributed by atoms with Crippen molar-refractivity contribution in [1.82, 2.24) is 5.32 Å². The Kier molecular flexibility index (Phi) is 5.85. The van der Waals surface area contributed by atoms with Gasteiger partial charge in [0.05, 0.1) is 16.5 Å². The molecule has 27 heavy (non-hydrogen) atoms. The first-order valence-corrected chi connectivity index (χ1v) is 8.58. The summed E-state index contributed by atoms with van der Waals surface area (Å²) in [4.78, 5) is 12.7. The molecule has 1 aliphatic rings. The minimum Gasteiger partial charge on any atom is -0.352 e. The summed E-state index contributed by atoms with van der Waals surface area (Å²) >= 11 is 0. The lowest BCUT2D eigenvalue weighted by atomic mass is 9.74. The van der Waals surface area contributed by atoms with E-state index >= 15 is 0 Å². The van der Waals surface area contributed by atoms with Crippen LogP contribution in [0.15, 0.2) is 18.2 Å². The molecule has 0 radical (unpaired) electrons. The second-order valence-electron chi connectivity index (χ2n) is 7.41. The van der Waals surface area contributed by atoms with Gasteiger partial charge in [0, 0.05) is 12.6 Å². The Morgan fingerprint density at radius 1 is 1.15 bits per heavy atom. The van der Waals surface area contributed by atoms with Crippen LogP contribution in [-0.4, -0.2) is 11.9 Å². The summed E-state index contributed by atoms with van der Waals surface area (Å²) in [6, 6.07) is 1.16. The van der Waals surface area contributed by atoms with Crippen molar-refractivity contribution in [2.75, 3.05) is 0 Å². The van der Waals surface area contributed by atoms with E-state index in [2.05, 4.69) is 5.32 Å². The van der Waals surface area contributed by atoms with Crippen molar-refractivity contribution >= 4 is 5.91 Å². The van der Waals surface area contributed by atoms with Gasteiger partial charge in [0.2, 0.25) is 5.91 Å². The average molecular weight is 396 g/mol. The van der Waals surface area contributed by atoms with Crippen LogP contribution in [0.3, 0.4) is 0 Å². The van der Waals surface area contributed by atoms with Gasteiger partial charge in [-0.25, -0.2) is 0 Å². The molecule has 2 atom stereocenters. The molecule has 0 saturated heterocycles. The summed E-state index contributed by atoms with van der Waals surface area (Å²) in [6.07, 6.45) is -8.22. The van der Waals surface area contributed by atoms with E-state index < -0.39 is 41.3 Å². The molecule has 9 heteroatoms. The van der Waals surface area contributed by atoms with E-state index in [1.54, 1.807) is 0 Å². The zero-order valence-electron chi connectivity index (χ0n) is 15.0. The molecular formula is C18H22F6N2O. The molecule has 1 fully saturated rings. The van der Waals surface area contributed by atoms with E-state index in [-0.39, 0.29) is 23.6 Å². The van der Waals surface area contributed by atoms with E-state index in [9.17, 15) is 31.1 Å². The molecule has 3 N–H and O–H groups in total. The Morgan fingerprint density at radius 2 is 1.67 bits per heavy atom. The molecule has 152 valence electrons. The number of carbonyl (C=O) groups excluding carboxylic acids is 1. The predicted octanol–water partition coefficient (Wildman–Crippen LogP) is 4.49. The third-order valence-corrected chi connectivity index (χ3v) is 5.25. The molecule has 1 aromatic carbocycles. The molecule has 0 heterocycles.